The third-order valence-corrected chi connectivity index (χ3v) is 3.61. The summed E-state index contributed by atoms with van der Waals surface area (Å²) in [5.74, 6) is 0.398. The summed E-state index contributed by atoms with van der Waals surface area (Å²) in [4.78, 5) is 63.5. The van der Waals surface area contributed by atoms with E-state index < -0.39 is 0 Å². The zero-order valence-corrected chi connectivity index (χ0v) is 21.0. The van der Waals surface area contributed by atoms with E-state index in [1.807, 2.05) is 6.92 Å². The Labute approximate surface area is 207 Å². The van der Waals surface area contributed by atoms with Crippen molar-refractivity contribution in [1.29, 1.82) is 0 Å². The van der Waals surface area contributed by atoms with E-state index in [2.05, 4.69) is 38.5 Å². The highest BCUT2D eigenvalue weighted by Crippen LogP contribution is 2.19. The van der Waals surface area contributed by atoms with Crippen molar-refractivity contribution >= 4 is 42.0 Å². The van der Waals surface area contributed by atoms with Crippen LogP contribution in [0.5, 0.6) is 0 Å². The summed E-state index contributed by atoms with van der Waals surface area (Å²) in [6.07, 6.45) is 17.8. The fourth-order valence-electron chi connectivity index (χ4n) is 1.91. The molecule has 0 aliphatic heterocycles. The van der Waals surface area contributed by atoms with E-state index >= 15 is 0 Å². The summed E-state index contributed by atoms with van der Waals surface area (Å²) in [6.45, 7) is 9.35. The van der Waals surface area contributed by atoms with Crippen LogP contribution < -0.4 is 0 Å². The number of unbranched alkanes of at least 4 members (excludes halogenated alkanes) is 1. The first-order valence-corrected chi connectivity index (χ1v) is 11.5. The summed E-state index contributed by atoms with van der Waals surface area (Å²) in [6, 6.07) is 0.302. The molecule has 0 bridgehead atoms. The molecule has 1 fully saturated rings. The average molecular weight is 498 g/mol. The van der Waals surface area contributed by atoms with Gasteiger partial charge in [-0.3, -0.25) is 0 Å². The van der Waals surface area contributed by atoms with Crippen LogP contribution in [0.25, 0.3) is 0 Å². The quantitative estimate of drug-likeness (QED) is 0.142. The molecule has 0 heterocycles. The standard InChI is InChI=1S/C7H11NO.C5H9NO.C4H7NO.C4H5NO.C3H4ClNO/c9-6-8-7-4-2-1-3-5-7;1-2-3-4-6-5-7;2*1-2-3-5-4-6;4-1-2-5-3-6/h7H,1-5H2;2-4H2,1H3;2-3H2,1H3;2H,1,3H2;1-2H2. The molecule has 0 spiro atoms. The Bertz CT molecular complexity index is 662. The van der Waals surface area contributed by atoms with E-state index in [0.29, 0.717) is 38.1 Å². The lowest BCUT2D eigenvalue weighted by Crippen LogP contribution is -2.08. The minimum absolute atomic E-state index is 0.302. The van der Waals surface area contributed by atoms with Crippen LogP contribution >= 0.6 is 11.6 Å². The van der Waals surface area contributed by atoms with E-state index in [1.54, 1.807) is 6.08 Å². The molecule has 34 heavy (non-hydrogen) atoms. The Morgan fingerprint density at radius 1 is 0.765 bits per heavy atom. The Kier molecular flexibility index (Phi) is 49.2. The smallest absolute Gasteiger partial charge is 0.211 e. The van der Waals surface area contributed by atoms with Crippen LogP contribution in [0.2, 0.25) is 0 Å². The van der Waals surface area contributed by atoms with Crippen molar-refractivity contribution in [1.82, 2.24) is 0 Å². The molecule has 1 aliphatic rings. The van der Waals surface area contributed by atoms with E-state index in [4.69, 9.17) is 11.6 Å². The predicted octanol–water partition coefficient (Wildman–Crippen LogP) is 4.58. The number of aliphatic imine (C=N–C) groups is 5. The topological polar surface area (TPSA) is 147 Å². The molecule has 0 unspecified atom stereocenters. The molecule has 0 aromatic heterocycles. The maximum absolute atomic E-state index is 9.78. The minimum Gasteiger partial charge on any atom is -0.211 e. The number of isocyanates is 5. The van der Waals surface area contributed by atoms with Crippen LogP contribution in [-0.4, -0.2) is 68.5 Å². The van der Waals surface area contributed by atoms with Crippen molar-refractivity contribution < 1.29 is 24.0 Å². The van der Waals surface area contributed by atoms with Gasteiger partial charge in [-0.15, -0.1) is 18.2 Å². The molecule has 0 saturated heterocycles. The van der Waals surface area contributed by atoms with E-state index in [9.17, 15) is 24.0 Å². The fraction of sp³-hybridized carbons (Fsp3) is 0.696. The summed E-state index contributed by atoms with van der Waals surface area (Å²) >= 11 is 5.11. The zero-order valence-electron chi connectivity index (χ0n) is 20.2. The lowest BCUT2D eigenvalue weighted by Gasteiger charge is -2.14. The summed E-state index contributed by atoms with van der Waals surface area (Å²) in [7, 11) is 0. The lowest BCUT2D eigenvalue weighted by molar-refractivity contribution is 0.439. The maximum atomic E-state index is 9.78. The van der Waals surface area contributed by atoms with Crippen LogP contribution in [0, 0.1) is 0 Å². The summed E-state index contributed by atoms with van der Waals surface area (Å²) < 4.78 is 0. The monoisotopic (exact) mass is 497 g/mol. The van der Waals surface area contributed by atoms with Gasteiger partial charge < -0.3 is 0 Å². The van der Waals surface area contributed by atoms with Gasteiger partial charge >= 0.3 is 0 Å². The second-order valence-corrected chi connectivity index (χ2v) is 6.57. The molecule has 0 aromatic rings. The van der Waals surface area contributed by atoms with Crippen LogP contribution in [-0.2, 0) is 24.0 Å². The van der Waals surface area contributed by atoms with Crippen LogP contribution in [0.15, 0.2) is 37.6 Å². The lowest BCUT2D eigenvalue weighted by atomic mass is 9.96. The highest BCUT2D eigenvalue weighted by atomic mass is 35.5. The molecule has 1 aliphatic carbocycles. The minimum atomic E-state index is 0.302. The molecular formula is C23H36ClN5O5. The molecule has 0 atom stereocenters. The molecular weight excluding hydrogens is 462 g/mol. The van der Waals surface area contributed by atoms with Crippen molar-refractivity contribution in [3.63, 3.8) is 0 Å². The fourth-order valence-corrected chi connectivity index (χ4v) is 2.00. The van der Waals surface area contributed by atoms with Crippen LogP contribution in [0.4, 0.5) is 0 Å². The Morgan fingerprint density at radius 3 is 1.62 bits per heavy atom. The number of halogens is 1. The van der Waals surface area contributed by atoms with E-state index in [0.717, 1.165) is 32.1 Å². The molecule has 0 amide bonds. The maximum Gasteiger partial charge on any atom is 0.235 e. The average Bonchev–Trinajstić information content (AvgIpc) is 2.87. The van der Waals surface area contributed by atoms with Crippen molar-refractivity contribution in [3.8, 4) is 0 Å². The Balaban J connectivity index is -0.000000168. The molecule has 0 aromatic carbocycles. The van der Waals surface area contributed by atoms with Gasteiger partial charge in [-0.25, -0.2) is 48.9 Å². The first-order valence-electron chi connectivity index (χ1n) is 11.0. The molecule has 1 saturated carbocycles. The Hall–Kier alpha value is -3.07. The van der Waals surface area contributed by atoms with Gasteiger partial charge in [0.15, 0.2) is 0 Å². The van der Waals surface area contributed by atoms with Gasteiger partial charge in [-0.2, -0.15) is 0 Å². The number of hydrogen-bond donors (Lipinski definition) is 0. The molecule has 1 rings (SSSR count). The highest BCUT2D eigenvalue weighted by Gasteiger charge is 2.10. The van der Waals surface area contributed by atoms with Crippen LogP contribution in [0.1, 0.15) is 65.2 Å². The highest BCUT2D eigenvalue weighted by molar-refractivity contribution is 6.18. The second-order valence-electron chi connectivity index (χ2n) is 6.19. The largest absolute Gasteiger partial charge is 0.235 e. The van der Waals surface area contributed by atoms with Gasteiger partial charge in [0.25, 0.3) is 0 Å². The summed E-state index contributed by atoms with van der Waals surface area (Å²) in [5.41, 5.74) is 0. The second kappa shape index (κ2) is 43.7. The molecule has 190 valence electrons. The number of alkyl halides is 1. The number of rotatable bonds is 10. The van der Waals surface area contributed by atoms with Crippen LogP contribution in [0.3, 0.4) is 0 Å². The number of carbonyl (C=O) groups excluding carboxylic acids is 5. The molecule has 0 N–H and O–H groups in total. The van der Waals surface area contributed by atoms with Gasteiger partial charge in [0, 0.05) is 5.88 Å². The van der Waals surface area contributed by atoms with Gasteiger partial charge in [0.05, 0.1) is 32.2 Å². The molecule has 10 nitrogen and oxygen atoms in total. The third-order valence-electron chi connectivity index (χ3n) is 3.44. The van der Waals surface area contributed by atoms with Gasteiger partial charge in [-0.1, -0.05) is 45.6 Å². The van der Waals surface area contributed by atoms with Gasteiger partial charge in [-0.05, 0) is 25.7 Å². The first kappa shape index (κ1) is 38.2. The number of hydrogen-bond acceptors (Lipinski definition) is 10. The van der Waals surface area contributed by atoms with Crippen molar-refractivity contribution in [2.45, 2.75) is 71.3 Å². The normalized spacial score (nSPS) is 10.6. The van der Waals surface area contributed by atoms with E-state index in [-0.39, 0.29) is 0 Å². The van der Waals surface area contributed by atoms with Gasteiger partial charge in [0.1, 0.15) is 0 Å². The summed E-state index contributed by atoms with van der Waals surface area (Å²) in [5, 5.41) is 0. The van der Waals surface area contributed by atoms with Crippen molar-refractivity contribution in [2.24, 2.45) is 25.0 Å². The zero-order chi connectivity index (χ0) is 26.5. The van der Waals surface area contributed by atoms with Crippen molar-refractivity contribution in [3.05, 3.63) is 12.7 Å². The third kappa shape index (κ3) is 51.5. The number of nitrogens with zero attached hydrogens (tertiary/aromatic N) is 5. The van der Waals surface area contributed by atoms with E-state index in [1.165, 1.54) is 49.7 Å². The first-order chi connectivity index (χ1) is 16.6. The molecule has 11 heteroatoms. The SMILES string of the molecule is C=CCN=C=O.CCCCN=C=O.CCCN=C=O.O=C=NC1CCCCC1.O=C=NCCCl. The van der Waals surface area contributed by atoms with Crippen molar-refractivity contribution in [2.75, 3.05) is 32.1 Å². The Morgan fingerprint density at radius 2 is 1.29 bits per heavy atom. The predicted molar refractivity (Wildman–Crippen MR) is 133 cm³/mol. The van der Waals surface area contributed by atoms with Gasteiger partial charge in [0.2, 0.25) is 30.4 Å². The molecule has 0 radical (unpaired) electrons.